The number of aliphatic carboxylic acids is 1. The first-order chi connectivity index (χ1) is 7.66. The van der Waals surface area contributed by atoms with Crippen molar-refractivity contribution < 1.29 is 9.90 Å². The van der Waals surface area contributed by atoms with Gasteiger partial charge in [-0.05, 0) is 36.6 Å². The van der Waals surface area contributed by atoms with E-state index in [2.05, 4.69) is 33.4 Å². The van der Waals surface area contributed by atoms with Gasteiger partial charge in [-0.3, -0.25) is 4.79 Å². The van der Waals surface area contributed by atoms with Gasteiger partial charge in [0.2, 0.25) is 0 Å². The summed E-state index contributed by atoms with van der Waals surface area (Å²) in [4.78, 5) is 10.6. The van der Waals surface area contributed by atoms with E-state index in [1.165, 1.54) is 5.56 Å². The lowest BCUT2D eigenvalue weighted by molar-refractivity contribution is -0.138. The fourth-order valence-corrected chi connectivity index (χ4v) is 2.04. The molecule has 0 spiro atoms. The summed E-state index contributed by atoms with van der Waals surface area (Å²) in [7, 11) is 0. The molecule has 16 heavy (non-hydrogen) atoms. The Morgan fingerprint density at radius 2 is 2.12 bits per heavy atom. The molecule has 0 aliphatic heterocycles. The van der Waals surface area contributed by atoms with Crippen molar-refractivity contribution in [1.82, 2.24) is 5.32 Å². The number of rotatable bonds is 5. The van der Waals surface area contributed by atoms with Gasteiger partial charge in [0.1, 0.15) is 0 Å². The molecule has 1 aliphatic carbocycles. The van der Waals surface area contributed by atoms with Crippen LogP contribution in [0.4, 0.5) is 0 Å². The molecule has 0 bridgehead atoms. The zero-order chi connectivity index (χ0) is 11.5. The molecule has 1 fully saturated rings. The predicted molar refractivity (Wildman–Crippen MR) is 65.1 cm³/mol. The highest BCUT2D eigenvalue weighted by atomic mass is 79.9. The van der Waals surface area contributed by atoms with E-state index in [1.54, 1.807) is 0 Å². The Hall–Kier alpha value is -0.870. The molecule has 2 rings (SSSR count). The highest BCUT2D eigenvalue weighted by Gasteiger charge is 2.42. The monoisotopic (exact) mass is 283 g/mol. The number of carboxylic acid groups (broad SMARTS) is 1. The molecule has 1 aliphatic rings. The molecule has 4 heteroatoms. The van der Waals surface area contributed by atoms with Crippen LogP contribution in [-0.2, 0) is 11.3 Å². The van der Waals surface area contributed by atoms with Crippen molar-refractivity contribution in [2.24, 2.45) is 11.8 Å². The van der Waals surface area contributed by atoms with E-state index in [0.29, 0.717) is 5.92 Å². The zero-order valence-corrected chi connectivity index (χ0v) is 10.4. The molecule has 86 valence electrons. The first-order valence-corrected chi connectivity index (χ1v) is 6.14. The van der Waals surface area contributed by atoms with Gasteiger partial charge in [0.15, 0.2) is 0 Å². The summed E-state index contributed by atoms with van der Waals surface area (Å²) in [6.45, 7) is 1.60. The molecular formula is C12H14BrNO2. The minimum Gasteiger partial charge on any atom is -0.481 e. The van der Waals surface area contributed by atoms with E-state index in [-0.39, 0.29) is 5.92 Å². The fraction of sp³-hybridized carbons (Fsp3) is 0.417. The van der Waals surface area contributed by atoms with E-state index >= 15 is 0 Å². The molecular weight excluding hydrogens is 270 g/mol. The lowest BCUT2D eigenvalue weighted by Crippen LogP contribution is -2.18. The van der Waals surface area contributed by atoms with Gasteiger partial charge in [-0.15, -0.1) is 0 Å². The molecule has 1 aromatic rings. The predicted octanol–water partition coefficient (Wildman–Crippen LogP) is 2.26. The second kappa shape index (κ2) is 4.97. The normalized spacial score (nSPS) is 23.1. The molecule has 0 aromatic heterocycles. The van der Waals surface area contributed by atoms with E-state index in [0.717, 1.165) is 24.0 Å². The lowest BCUT2D eigenvalue weighted by atomic mass is 10.2. The van der Waals surface area contributed by atoms with Crippen molar-refractivity contribution in [3.63, 3.8) is 0 Å². The number of nitrogens with one attached hydrogen (secondary N) is 1. The molecule has 3 nitrogen and oxygen atoms in total. The van der Waals surface area contributed by atoms with Gasteiger partial charge >= 0.3 is 5.97 Å². The maximum atomic E-state index is 10.6. The van der Waals surface area contributed by atoms with Gasteiger partial charge in [-0.1, -0.05) is 28.1 Å². The van der Waals surface area contributed by atoms with Crippen LogP contribution in [0.3, 0.4) is 0 Å². The van der Waals surface area contributed by atoms with E-state index < -0.39 is 5.97 Å². The maximum Gasteiger partial charge on any atom is 0.306 e. The SMILES string of the molecule is O=C(O)C1CC1CNCc1ccc(Br)cc1. The highest BCUT2D eigenvalue weighted by Crippen LogP contribution is 2.37. The molecule has 0 radical (unpaired) electrons. The summed E-state index contributed by atoms with van der Waals surface area (Å²) in [5, 5.41) is 12.0. The summed E-state index contributed by atoms with van der Waals surface area (Å²) in [5.74, 6) is -0.444. The summed E-state index contributed by atoms with van der Waals surface area (Å²) in [5.41, 5.74) is 1.22. The highest BCUT2D eigenvalue weighted by molar-refractivity contribution is 9.10. The van der Waals surface area contributed by atoms with Crippen molar-refractivity contribution in [3.05, 3.63) is 34.3 Å². The van der Waals surface area contributed by atoms with Crippen LogP contribution in [0.15, 0.2) is 28.7 Å². The largest absolute Gasteiger partial charge is 0.481 e. The third-order valence-electron chi connectivity index (χ3n) is 2.89. The van der Waals surface area contributed by atoms with Gasteiger partial charge in [0, 0.05) is 11.0 Å². The maximum absolute atomic E-state index is 10.6. The van der Waals surface area contributed by atoms with E-state index in [9.17, 15) is 4.79 Å². The molecule has 2 atom stereocenters. The number of hydrogen-bond acceptors (Lipinski definition) is 2. The average Bonchev–Trinajstić information content (AvgIpc) is 3.01. The summed E-state index contributed by atoms with van der Waals surface area (Å²) >= 11 is 3.38. The molecule has 1 aromatic carbocycles. The average molecular weight is 284 g/mol. The first-order valence-electron chi connectivity index (χ1n) is 5.35. The summed E-state index contributed by atoms with van der Waals surface area (Å²) in [6.07, 6.45) is 0.822. The Balaban J connectivity index is 1.69. The summed E-state index contributed by atoms with van der Waals surface area (Å²) in [6, 6.07) is 8.12. The Morgan fingerprint density at radius 1 is 1.44 bits per heavy atom. The second-order valence-electron chi connectivity index (χ2n) is 4.20. The van der Waals surface area contributed by atoms with Crippen LogP contribution in [0.5, 0.6) is 0 Å². The smallest absolute Gasteiger partial charge is 0.306 e. The molecule has 1 saturated carbocycles. The first kappa shape index (κ1) is 11.6. The Bertz CT molecular complexity index is 377. The van der Waals surface area contributed by atoms with Crippen LogP contribution < -0.4 is 5.32 Å². The van der Waals surface area contributed by atoms with Crippen molar-refractivity contribution in [1.29, 1.82) is 0 Å². The van der Waals surface area contributed by atoms with Gasteiger partial charge in [0.05, 0.1) is 5.92 Å². The van der Waals surface area contributed by atoms with Crippen molar-refractivity contribution in [2.45, 2.75) is 13.0 Å². The van der Waals surface area contributed by atoms with Crippen molar-refractivity contribution >= 4 is 21.9 Å². The van der Waals surface area contributed by atoms with Crippen molar-refractivity contribution in [2.75, 3.05) is 6.54 Å². The van der Waals surface area contributed by atoms with Gasteiger partial charge in [0.25, 0.3) is 0 Å². The topological polar surface area (TPSA) is 49.3 Å². The minimum absolute atomic E-state index is 0.114. The molecule has 0 heterocycles. The van der Waals surface area contributed by atoms with Crippen LogP contribution in [-0.4, -0.2) is 17.6 Å². The molecule has 0 amide bonds. The fourth-order valence-electron chi connectivity index (χ4n) is 1.78. The number of hydrogen-bond donors (Lipinski definition) is 2. The standard InChI is InChI=1S/C12H14BrNO2/c13-10-3-1-8(2-4-10)6-14-7-9-5-11(9)12(15)16/h1-4,9,11,14H,5-7H2,(H,15,16). The minimum atomic E-state index is -0.657. The van der Waals surface area contributed by atoms with Gasteiger partial charge in [-0.25, -0.2) is 0 Å². The van der Waals surface area contributed by atoms with Crippen molar-refractivity contribution in [3.8, 4) is 0 Å². The van der Waals surface area contributed by atoms with Crippen LogP contribution in [0.25, 0.3) is 0 Å². The van der Waals surface area contributed by atoms with Gasteiger partial charge < -0.3 is 10.4 Å². The van der Waals surface area contributed by atoms with Crippen LogP contribution in [0.1, 0.15) is 12.0 Å². The third-order valence-corrected chi connectivity index (χ3v) is 3.42. The van der Waals surface area contributed by atoms with E-state index in [4.69, 9.17) is 5.11 Å². The molecule has 2 N–H and O–H groups in total. The second-order valence-corrected chi connectivity index (χ2v) is 5.11. The van der Waals surface area contributed by atoms with Gasteiger partial charge in [-0.2, -0.15) is 0 Å². The van der Waals surface area contributed by atoms with E-state index in [1.807, 2.05) is 12.1 Å². The Morgan fingerprint density at radius 3 is 2.69 bits per heavy atom. The Labute approximate surface area is 103 Å². The Kier molecular flexibility index (Phi) is 3.61. The number of halogens is 1. The quantitative estimate of drug-likeness (QED) is 0.872. The number of benzene rings is 1. The van der Waals surface area contributed by atoms with Crippen LogP contribution in [0.2, 0.25) is 0 Å². The molecule has 2 unspecified atom stereocenters. The molecule has 0 saturated heterocycles. The summed E-state index contributed by atoms with van der Waals surface area (Å²) < 4.78 is 1.07. The lowest BCUT2D eigenvalue weighted by Gasteiger charge is -2.04. The van der Waals surface area contributed by atoms with Crippen LogP contribution >= 0.6 is 15.9 Å². The third kappa shape index (κ3) is 3.06. The van der Waals surface area contributed by atoms with Crippen LogP contribution in [0, 0.1) is 11.8 Å². The number of carbonyl (C=O) groups is 1. The number of carboxylic acids is 1. The zero-order valence-electron chi connectivity index (χ0n) is 8.82.